The van der Waals surface area contributed by atoms with E-state index in [0.717, 1.165) is 30.7 Å². The van der Waals surface area contributed by atoms with Crippen molar-refractivity contribution in [3.63, 3.8) is 0 Å². The van der Waals surface area contributed by atoms with Crippen LogP contribution in [0.4, 0.5) is 4.79 Å². The molecule has 2 aliphatic heterocycles. The van der Waals surface area contributed by atoms with Crippen molar-refractivity contribution >= 4 is 41.1 Å². The summed E-state index contributed by atoms with van der Waals surface area (Å²) in [5, 5.41) is 15.9. The van der Waals surface area contributed by atoms with Crippen molar-refractivity contribution in [2.24, 2.45) is 11.8 Å². The van der Waals surface area contributed by atoms with Crippen LogP contribution in [0.25, 0.3) is 0 Å². The molecular weight excluding hydrogens is 628 g/mol. The van der Waals surface area contributed by atoms with Gasteiger partial charge in [0.05, 0.1) is 6.04 Å². The third-order valence-corrected chi connectivity index (χ3v) is 9.61. The van der Waals surface area contributed by atoms with Gasteiger partial charge in [0.15, 0.2) is 6.10 Å². The van der Waals surface area contributed by atoms with E-state index < -0.39 is 48.3 Å². The first-order valence-corrected chi connectivity index (χ1v) is 16.8. The van der Waals surface area contributed by atoms with Gasteiger partial charge < -0.3 is 25.0 Å². The maximum atomic E-state index is 14.2. The monoisotopic (exact) mass is 676 g/mol. The highest BCUT2D eigenvalue weighted by Gasteiger charge is 2.39. The zero-order valence-corrected chi connectivity index (χ0v) is 29.1. The van der Waals surface area contributed by atoms with Gasteiger partial charge in [-0.15, -0.1) is 23.7 Å². The minimum atomic E-state index is -1.72. The number of aliphatic hydroxyl groups is 1. The molecule has 14 nitrogen and oxygen atoms in total. The second-order valence-corrected chi connectivity index (χ2v) is 13.5. The van der Waals surface area contributed by atoms with Crippen LogP contribution in [0, 0.1) is 24.2 Å². The zero-order chi connectivity index (χ0) is 35.0. The molecule has 0 spiro atoms. The minimum absolute atomic E-state index is 0.0121. The Labute approximate surface area is 280 Å². The van der Waals surface area contributed by atoms with Gasteiger partial charge in [0.25, 0.3) is 11.8 Å². The first kappa shape index (κ1) is 37.9. The fraction of sp³-hybridized carbons (Fsp3) is 0.688. The number of ether oxygens (including phenoxy) is 1. The molecule has 3 heterocycles. The number of carbonyl (C=O) groups excluding carboxylic acids is 5. The smallest absolute Gasteiger partial charge is 0.409 e. The van der Waals surface area contributed by atoms with E-state index in [-0.39, 0.29) is 48.7 Å². The first-order chi connectivity index (χ1) is 22.2. The molecule has 260 valence electrons. The third kappa shape index (κ3) is 9.50. The fourth-order valence-electron chi connectivity index (χ4n) is 5.74. The van der Waals surface area contributed by atoms with Crippen LogP contribution < -0.4 is 5.32 Å². The normalized spacial score (nSPS) is 20.3. The lowest BCUT2D eigenvalue weighted by Crippen LogP contribution is -2.58. The zero-order valence-electron chi connectivity index (χ0n) is 28.3. The van der Waals surface area contributed by atoms with Gasteiger partial charge in [0.2, 0.25) is 18.1 Å². The topological polar surface area (TPSA) is 162 Å². The molecule has 0 aromatic carbocycles. The number of aliphatic hydroxyl groups excluding tert-OH is 1. The molecule has 2 aliphatic rings. The van der Waals surface area contributed by atoms with Crippen LogP contribution in [-0.4, -0.2) is 112 Å². The first-order valence-electron chi connectivity index (χ1n) is 16.0. The van der Waals surface area contributed by atoms with E-state index >= 15 is 0 Å². The molecule has 2 fully saturated rings. The Hall–Kier alpha value is -3.58. The second kappa shape index (κ2) is 17.0. The van der Waals surface area contributed by atoms with Gasteiger partial charge >= 0.3 is 6.09 Å². The minimum Gasteiger partial charge on any atom is -0.439 e. The number of imide groups is 1. The Morgan fingerprint density at radius 3 is 2.40 bits per heavy atom. The number of carbonyl (C=O) groups is 5. The molecular formula is C32H48N6O8S. The number of aromatic nitrogens is 1. The number of likely N-dealkylation sites (tertiary alicyclic amines) is 1. The largest absolute Gasteiger partial charge is 0.439 e. The van der Waals surface area contributed by atoms with Gasteiger partial charge in [0.1, 0.15) is 16.7 Å². The van der Waals surface area contributed by atoms with Gasteiger partial charge in [-0.25, -0.2) is 14.6 Å². The summed E-state index contributed by atoms with van der Waals surface area (Å²) in [7, 11) is 6.61. The molecule has 47 heavy (non-hydrogen) atoms. The summed E-state index contributed by atoms with van der Waals surface area (Å²) < 4.78 is 5.82. The van der Waals surface area contributed by atoms with Crippen molar-refractivity contribution in [1.82, 2.24) is 30.1 Å². The molecule has 2 saturated heterocycles. The lowest BCUT2D eigenvalue weighted by atomic mass is 9.92. The number of piperidine rings is 1. The molecule has 2 N–H and O–H groups in total. The summed E-state index contributed by atoms with van der Waals surface area (Å²) in [5.74, 6) is 0.286. The van der Waals surface area contributed by atoms with Crippen LogP contribution in [0.1, 0.15) is 88.8 Å². The molecule has 3 rings (SSSR count). The van der Waals surface area contributed by atoms with Crippen LogP contribution in [0.5, 0.6) is 0 Å². The van der Waals surface area contributed by atoms with E-state index in [2.05, 4.69) is 16.2 Å². The lowest BCUT2D eigenvalue weighted by molar-refractivity contribution is -0.248. The number of terminal acetylenes is 1. The summed E-state index contributed by atoms with van der Waals surface area (Å²) in [4.78, 5) is 78.7. The molecule has 15 heteroatoms. The van der Waals surface area contributed by atoms with Gasteiger partial charge in [-0.1, -0.05) is 27.2 Å². The Kier molecular flexibility index (Phi) is 13.7. The SMILES string of the molecule is C#C[C@@H](CC)[C@H](NC(=O)[C@H]1CCCCN1C)C(=O)N(C)[C@H](C[C@@H](OC(=O)N(C)C)c1nc(C(O)ON2C(=O)CCC2=O)cs1)C(C)C. The standard InChI is InChI=1S/C32H48N6O8S/c1-9-20(10-2)27(34-28(41)22-13-11-12-16-36(22)7)30(42)37(8)23(19(3)4)17-24(45-32(44)35(5)6)29-33-21(18-47-29)31(43)46-38-25(39)14-15-26(38)40/h1,18-20,22-24,27,31,43H,10-17H2,2-8H3,(H,34,41)/t20-,22+,23+,24+,27-,31?/m0/s1. The Balaban J connectivity index is 1.86. The molecule has 5 amide bonds. The quantitative estimate of drug-likeness (QED) is 0.170. The highest BCUT2D eigenvalue weighted by Crippen LogP contribution is 2.33. The predicted octanol–water partition coefficient (Wildman–Crippen LogP) is 2.46. The molecule has 0 radical (unpaired) electrons. The summed E-state index contributed by atoms with van der Waals surface area (Å²) in [5.41, 5.74) is 0.0178. The summed E-state index contributed by atoms with van der Waals surface area (Å²) in [6, 6.07) is -1.81. The van der Waals surface area contributed by atoms with Crippen molar-refractivity contribution in [2.75, 3.05) is 34.7 Å². The number of likely N-dealkylation sites (N-methyl/N-ethyl adjacent to an activating group) is 2. The number of hydrogen-bond acceptors (Lipinski definition) is 11. The van der Waals surface area contributed by atoms with Crippen molar-refractivity contribution in [3.05, 3.63) is 16.1 Å². The average molecular weight is 677 g/mol. The van der Waals surface area contributed by atoms with Gasteiger partial charge in [-0.05, 0) is 38.8 Å². The van der Waals surface area contributed by atoms with Gasteiger partial charge in [0, 0.05) is 57.7 Å². The Morgan fingerprint density at radius 1 is 1.19 bits per heavy atom. The molecule has 1 aromatic rings. The number of hydrogen-bond donors (Lipinski definition) is 2. The lowest BCUT2D eigenvalue weighted by Gasteiger charge is -2.38. The van der Waals surface area contributed by atoms with Crippen LogP contribution in [-0.2, 0) is 28.8 Å². The average Bonchev–Trinajstić information content (AvgIpc) is 3.65. The summed E-state index contributed by atoms with van der Waals surface area (Å²) in [6.45, 7) is 6.52. The van der Waals surface area contributed by atoms with E-state index in [1.165, 1.54) is 24.4 Å². The number of rotatable bonds is 14. The van der Waals surface area contributed by atoms with E-state index in [9.17, 15) is 29.1 Å². The van der Waals surface area contributed by atoms with Crippen LogP contribution in [0.3, 0.4) is 0 Å². The van der Waals surface area contributed by atoms with Crippen molar-refractivity contribution in [3.8, 4) is 12.3 Å². The maximum Gasteiger partial charge on any atom is 0.409 e. The Bertz CT molecular complexity index is 1310. The van der Waals surface area contributed by atoms with Crippen molar-refractivity contribution in [2.45, 2.75) is 96.2 Å². The molecule has 1 aromatic heterocycles. The van der Waals surface area contributed by atoms with Crippen LogP contribution >= 0.6 is 11.3 Å². The van der Waals surface area contributed by atoms with E-state index in [1.54, 1.807) is 11.9 Å². The van der Waals surface area contributed by atoms with E-state index in [0.29, 0.717) is 22.9 Å². The highest BCUT2D eigenvalue weighted by molar-refractivity contribution is 7.09. The molecule has 0 saturated carbocycles. The van der Waals surface area contributed by atoms with Gasteiger partial charge in [-0.2, -0.15) is 5.06 Å². The maximum absolute atomic E-state index is 14.2. The Morgan fingerprint density at radius 2 is 1.85 bits per heavy atom. The third-order valence-electron chi connectivity index (χ3n) is 8.65. The number of nitrogens with one attached hydrogen (secondary N) is 1. The van der Waals surface area contributed by atoms with Crippen LogP contribution in [0.2, 0.25) is 0 Å². The molecule has 6 atom stereocenters. The molecule has 0 aliphatic carbocycles. The highest BCUT2D eigenvalue weighted by atomic mass is 32.1. The van der Waals surface area contributed by atoms with E-state index in [1.807, 2.05) is 32.7 Å². The molecule has 1 unspecified atom stereocenters. The van der Waals surface area contributed by atoms with Crippen LogP contribution in [0.15, 0.2) is 5.38 Å². The number of thiazole rings is 1. The van der Waals surface area contributed by atoms with Crippen molar-refractivity contribution in [1.29, 1.82) is 0 Å². The number of hydroxylamine groups is 2. The molecule has 0 bridgehead atoms. The van der Waals surface area contributed by atoms with E-state index in [4.69, 9.17) is 16.0 Å². The fourth-order valence-corrected chi connectivity index (χ4v) is 6.60. The summed E-state index contributed by atoms with van der Waals surface area (Å²) >= 11 is 1.09. The second-order valence-electron chi connectivity index (χ2n) is 12.6. The predicted molar refractivity (Wildman–Crippen MR) is 173 cm³/mol. The number of nitrogens with zero attached hydrogens (tertiary/aromatic N) is 5. The van der Waals surface area contributed by atoms with Crippen molar-refractivity contribution < 1.29 is 38.7 Å². The van der Waals surface area contributed by atoms with Gasteiger partial charge in [-0.3, -0.25) is 24.1 Å². The summed E-state index contributed by atoms with van der Waals surface area (Å²) in [6.07, 6.45) is 5.73. The number of amides is 5.